The first kappa shape index (κ1) is 10.2. The smallest absolute Gasteiger partial charge is 0.0754 e. The molecule has 0 saturated carbocycles. The molecule has 2 nitrogen and oxygen atoms in total. The molecule has 1 saturated heterocycles. The van der Waals surface area contributed by atoms with Crippen LogP contribution in [0.1, 0.15) is 12.8 Å². The van der Waals surface area contributed by atoms with Gasteiger partial charge in [0.05, 0.1) is 6.10 Å². The van der Waals surface area contributed by atoms with E-state index in [0.29, 0.717) is 6.10 Å². The fourth-order valence-corrected chi connectivity index (χ4v) is 2.59. The molecule has 1 aromatic heterocycles. The molecule has 3 rings (SSSR count). The molecule has 0 amide bonds. The van der Waals surface area contributed by atoms with Crippen molar-refractivity contribution in [3.63, 3.8) is 0 Å². The number of benzene rings is 1. The van der Waals surface area contributed by atoms with Gasteiger partial charge in [-0.3, -0.25) is 0 Å². The van der Waals surface area contributed by atoms with Crippen LogP contribution in [0.15, 0.2) is 30.5 Å². The SMILES string of the molecule is Clc1cccc2c1ccn2CC1CCCO1. The van der Waals surface area contributed by atoms with Gasteiger partial charge in [-0.15, -0.1) is 0 Å². The number of hydrogen-bond donors (Lipinski definition) is 0. The van der Waals surface area contributed by atoms with Gasteiger partial charge in [-0.2, -0.15) is 0 Å². The second kappa shape index (κ2) is 4.11. The van der Waals surface area contributed by atoms with E-state index in [-0.39, 0.29) is 0 Å². The molecule has 3 heteroatoms. The van der Waals surface area contributed by atoms with E-state index in [1.54, 1.807) is 0 Å². The lowest BCUT2D eigenvalue weighted by Crippen LogP contribution is -2.13. The molecule has 0 bridgehead atoms. The van der Waals surface area contributed by atoms with Crippen LogP contribution in [0, 0.1) is 0 Å². The van der Waals surface area contributed by atoms with E-state index in [2.05, 4.69) is 22.9 Å². The molecule has 0 radical (unpaired) electrons. The van der Waals surface area contributed by atoms with Crippen molar-refractivity contribution in [2.24, 2.45) is 0 Å². The lowest BCUT2D eigenvalue weighted by Gasteiger charge is -2.11. The summed E-state index contributed by atoms with van der Waals surface area (Å²) in [7, 11) is 0. The summed E-state index contributed by atoms with van der Waals surface area (Å²) in [6.45, 7) is 1.84. The Kier molecular flexibility index (Phi) is 2.62. The fourth-order valence-electron chi connectivity index (χ4n) is 2.35. The lowest BCUT2D eigenvalue weighted by atomic mass is 10.2. The number of aromatic nitrogens is 1. The van der Waals surface area contributed by atoms with E-state index >= 15 is 0 Å². The Hall–Kier alpha value is -0.990. The molecule has 0 aliphatic carbocycles. The van der Waals surface area contributed by atoms with Gasteiger partial charge in [0.25, 0.3) is 0 Å². The van der Waals surface area contributed by atoms with E-state index in [0.717, 1.165) is 23.6 Å². The highest BCUT2D eigenvalue weighted by atomic mass is 35.5. The highest BCUT2D eigenvalue weighted by molar-refractivity contribution is 6.35. The summed E-state index contributed by atoms with van der Waals surface area (Å²) in [4.78, 5) is 0. The molecule has 1 aliphatic heterocycles. The second-order valence-electron chi connectivity index (χ2n) is 4.28. The van der Waals surface area contributed by atoms with Crippen LogP contribution >= 0.6 is 11.6 Å². The Balaban J connectivity index is 1.94. The predicted octanol–water partition coefficient (Wildman–Crippen LogP) is 3.47. The topological polar surface area (TPSA) is 14.2 Å². The molecule has 1 aliphatic rings. The zero-order valence-electron chi connectivity index (χ0n) is 9.03. The molecule has 0 spiro atoms. The zero-order valence-corrected chi connectivity index (χ0v) is 9.78. The highest BCUT2D eigenvalue weighted by Crippen LogP contribution is 2.25. The third kappa shape index (κ3) is 1.72. The minimum atomic E-state index is 0.370. The third-order valence-electron chi connectivity index (χ3n) is 3.18. The Morgan fingerprint density at radius 1 is 1.38 bits per heavy atom. The van der Waals surface area contributed by atoms with Gasteiger partial charge in [-0.1, -0.05) is 17.7 Å². The van der Waals surface area contributed by atoms with Crippen molar-refractivity contribution in [1.29, 1.82) is 0 Å². The first-order valence-corrected chi connectivity index (χ1v) is 6.07. The molecule has 2 heterocycles. The summed E-state index contributed by atoms with van der Waals surface area (Å²) in [5, 5.41) is 1.95. The van der Waals surface area contributed by atoms with E-state index in [9.17, 15) is 0 Å². The highest BCUT2D eigenvalue weighted by Gasteiger charge is 2.16. The second-order valence-corrected chi connectivity index (χ2v) is 4.68. The van der Waals surface area contributed by atoms with Gasteiger partial charge in [-0.05, 0) is 31.0 Å². The van der Waals surface area contributed by atoms with Crippen molar-refractivity contribution in [3.8, 4) is 0 Å². The summed E-state index contributed by atoms with van der Waals surface area (Å²) >= 11 is 6.14. The first-order chi connectivity index (χ1) is 7.84. The van der Waals surface area contributed by atoms with Crippen molar-refractivity contribution in [2.75, 3.05) is 6.61 Å². The molecule has 2 aromatic rings. The Morgan fingerprint density at radius 2 is 2.31 bits per heavy atom. The minimum absolute atomic E-state index is 0.370. The van der Waals surface area contributed by atoms with Crippen LogP contribution in [-0.2, 0) is 11.3 Å². The van der Waals surface area contributed by atoms with Gasteiger partial charge in [-0.25, -0.2) is 0 Å². The maximum Gasteiger partial charge on any atom is 0.0754 e. The quantitative estimate of drug-likeness (QED) is 0.778. The van der Waals surface area contributed by atoms with Gasteiger partial charge >= 0.3 is 0 Å². The number of nitrogens with zero attached hydrogens (tertiary/aromatic N) is 1. The van der Waals surface area contributed by atoms with E-state index in [1.165, 1.54) is 18.4 Å². The molecule has 1 unspecified atom stereocenters. The van der Waals surface area contributed by atoms with E-state index in [4.69, 9.17) is 16.3 Å². The summed E-state index contributed by atoms with van der Waals surface area (Å²) in [6, 6.07) is 8.11. The molecule has 1 fully saturated rings. The molecule has 84 valence electrons. The monoisotopic (exact) mass is 235 g/mol. The third-order valence-corrected chi connectivity index (χ3v) is 3.51. The van der Waals surface area contributed by atoms with Gasteiger partial charge in [0.15, 0.2) is 0 Å². The summed E-state index contributed by atoms with van der Waals surface area (Å²) < 4.78 is 7.88. The van der Waals surface area contributed by atoms with Gasteiger partial charge in [0, 0.05) is 35.3 Å². The molecular weight excluding hydrogens is 222 g/mol. The molecular formula is C13H14ClNO. The summed E-state index contributed by atoms with van der Waals surface area (Å²) in [5.74, 6) is 0. The van der Waals surface area contributed by atoms with Crippen LogP contribution in [-0.4, -0.2) is 17.3 Å². The van der Waals surface area contributed by atoms with E-state index < -0.39 is 0 Å². The summed E-state index contributed by atoms with van der Waals surface area (Å²) in [5.41, 5.74) is 1.20. The van der Waals surface area contributed by atoms with Crippen molar-refractivity contribution >= 4 is 22.5 Å². The van der Waals surface area contributed by atoms with Gasteiger partial charge in [0.2, 0.25) is 0 Å². The van der Waals surface area contributed by atoms with Crippen LogP contribution in [0.3, 0.4) is 0 Å². The number of hydrogen-bond acceptors (Lipinski definition) is 1. The van der Waals surface area contributed by atoms with E-state index in [1.807, 2.05) is 12.1 Å². The average molecular weight is 236 g/mol. The minimum Gasteiger partial charge on any atom is -0.376 e. The molecule has 16 heavy (non-hydrogen) atoms. The molecule has 1 aromatic carbocycles. The zero-order chi connectivity index (χ0) is 11.0. The Bertz CT molecular complexity index is 500. The molecule has 1 atom stereocenters. The Morgan fingerprint density at radius 3 is 3.12 bits per heavy atom. The molecule has 0 N–H and O–H groups in total. The fraction of sp³-hybridized carbons (Fsp3) is 0.385. The number of rotatable bonds is 2. The van der Waals surface area contributed by atoms with Crippen LogP contribution in [0.2, 0.25) is 5.02 Å². The predicted molar refractivity (Wildman–Crippen MR) is 65.9 cm³/mol. The van der Waals surface area contributed by atoms with Crippen molar-refractivity contribution in [3.05, 3.63) is 35.5 Å². The van der Waals surface area contributed by atoms with Crippen molar-refractivity contribution < 1.29 is 4.74 Å². The van der Waals surface area contributed by atoms with Gasteiger partial charge < -0.3 is 9.30 Å². The largest absolute Gasteiger partial charge is 0.376 e. The number of fused-ring (bicyclic) bond motifs is 1. The van der Waals surface area contributed by atoms with Crippen LogP contribution in [0.4, 0.5) is 0 Å². The lowest BCUT2D eigenvalue weighted by molar-refractivity contribution is 0.0980. The van der Waals surface area contributed by atoms with Crippen molar-refractivity contribution in [1.82, 2.24) is 4.57 Å². The van der Waals surface area contributed by atoms with Crippen LogP contribution < -0.4 is 0 Å². The number of halogens is 1. The Labute approximate surface area is 99.8 Å². The van der Waals surface area contributed by atoms with Crippen molar-refractivity contribution in [2.45, 2.75) is 25.5 Å². The normalized spacial score (nSPS) is 20.7. The number of ether oxygens (including phenoxy) is 1. The maximum absolute atomic E-state index is 6.14. The maximum atomic E-state index is 6.14. The standard InChI is InChI=1S/C13H14ClNO/c14-12-4-1-5-13-11(12)6-7-15(13)9-10-3-2-8-16-10/h1,4-7,10H,2-3,8-9H2. The summed E-state index contributed by atoms with van der Waals surface area (Å²) in [6.07, 6.45) is 4.82. The van der Waals surface area contributed by atoms with Gasteiger partial charge in [0.1, 0.15) is 0 Å². The first-order valence-electron chi connectivity index (χ1n) is 5.69. The van der Waals surface area contributed by atoms with Crippen LogP contribution in [0.5, 0.6) is 0 Å². The average Bonchev–Trinajstić information content (AvgIpc) is 2.90. The van der Waals surface area contributed by atoms with Crippen LogP contribution in [0.25, 0.3) is 10.9 Å².